The number of aryl methyl sites for hydroxylation is 2. The minimum absolute atomic E-state index is 0.0855. The van der Waals surface area contributed by atoms with Crippen molar-refractivity contribution in [3.05, 3.63) is 71.9 Å². The van der Waals surface area contributed by atoms with Crippen LogP contribution in [0.15, 0.2) is 60.8 Å². The quantitative estimate of drug-likeness (QED) is 0.677. The first kappa shape index (κ1) is 19.7. The van der Waals surface area contributed by atoms with Crippen molar-refractivity contribution >= 4 is 16.8 Å². The summed E-state index contributed by atoms with van der Waals surface area (Å²) in [5.74, 6) is 0.0855. The molecule has 4 rings (SSSR count). The first-order valence-electron chi connectivity index (χ1n) is 10.6. The van der Waals surface area contributed by atoms with E-state index in [4.69, 9.17) is 0 Å². The van der Waals surface area contributed by atoms with Crippen LogP contribution < -0.4 is 0 Å². The molecule has 1 fully saturated rings. The Morgan fingerprint density at radius 2 is 1.86 bits per heavy atom. The van der Waals surface area contributed by atoms with Crippen LogP contribution in [-0.4, -0.2) is 40.2 Å². The van der Waals surface area contributed by atoms with Gasteiger partial charge in [0.2, 0.25) is 0 Å². The van der Waals surface area contributed by atoms with Crippen molar-refractivity contribution in [1.29, 1.82) is 0 Å². The molecule has 4 nitrogen and oxygen atoms in total. The van der Waals surface area contributed by atoms with Crippen LogP contribution in [0.4, 0.5) is 0 Å². The fourth-order valence-corrected chi connectivity index (χ4v) is 4.79. The first-order valence-corrected chi connectivity index (χ1v) is 10.6. The average molecular weight is 391 g/mol. The molecule has 0 aliphatic carbocycles. The van der Waals surface area contributed by atoms with E-state index in [2.05, 4.69) is 24.3 Å². The zero-order valence-electron chi connectivity index (χ0n) is 17.2. The monoisotopic (exact) mass is 390 g/mol. The Morgan fingerprint density at radius 1 is 1.10 bits per heavy atom. The van der Waals surface area contributed by atoms with Gasteiger partial charge in [0, 0.05) is 42.7 Å². The number of piperidine rings is 1. The Kier molecular flexibility index (Phi) is 5.72. The number of likely N-dealkylation sites (tertiary alicyclic amines) is 1. The maximum Gasteiger partial charge on any atom is 0.256 e. The molecule has 1 N–H and O–H groups in total. The highest BCUT2D eigenvalue weighted by molar-refractivity contribution is 6.07. The number of carbonyl (C=O) groups is 1. The molecule has 0 bridgehead atoms. The van der Waals surface area contributed by atoms with Crippen molar-refractivity contribution in [3.63, 3.8) is 0 Å². The van der Waals surface area contributed by atoms with E-state index in [-0.39, 0.29) is 17.9 Å². The largest absolute Gasteiger partial charge is 0.396 e. The summed E-state index contributed by atoms with van der Waals surface area (Å²) in [6, 6.07) is 18.5. The molecule has 1 atom stereocenters. The number of hydrogen-bond donors (Lipinski definition) is 1. The molecule has 0 radical (unpaired) electrons. The standard InChI is InChI=1S/C25H30N2O2/c1-26-17-22(21-12-5-6-13-23(21)26)24(29)27-16-8-15-25(18-27,19-28)14-7-11-20-9-3-2-4-10-20/h2-6,9-10,12-13,17,28H,7-8,11,14-16,18-19H2,1H3/t25-/m0/s1. The fraction of sp³-hybridized carbons (Fsp3) is 0.400. The number of nitrogens with zero attached hydrogens (tertiary/aromatic N) is 2. The highest BCUT2D eigenvalue weighted by Gasteiger charge is 2.37. The average Bonchev–Trinajstić information content (AvgIpc) is 3.11. The minimum Gasteiger partial charge on any atom is -0.396 e. The Bertz CT molecular complexity index is 979. The van der Waals surface area contributed by atoms with Crippen LogP contribution in [0, 0.1) is 5.41 Å². The van der Waals surface area contributed by atoms with Crippen LogP contribution >= 0.6 is 0 Å². The number of aliphatic hydroxyl groups is 1. The molecule has 3 aromatic rings. The SMILES string of the molecule is Cn1cc(C(=O)N2CCC[C@@](CO)(CCCc3ccccc3)C2)c2ccccc21. The van der Waals surface area contributed by atoms with Gasteiger partial charge in [0.05, 0.1) is 12.2 Å². The highest BCUT2D eigenvalue weighted by atomic mass is 16.3. The van der Waals surface area contributed by atoms with Gasteiger partial charge in [-0.05, 0) is 43.7 Å². The molecule has 1 aromatic heterocycles. The van der Waals surface area contributed by atoms with E-state index in [1.54, 1.807) is 0 Å². The van der Waals surface area contributed by atoms with E-state index in [0.717, 1.165) is 55.1 Å². The van der Waals surface area contributed by atoms with Crippen molar-refractivity contribution in [2.24, 2.45) is 12.5 Å². The van der Waals surface area contributed by atoms with E-state index in [1.807, 2.05) is 53.0 Å². The lowest BCUT2D eigenvalue weighted by atomic mass is 9.76. The molecule has 0 spiro atoms. The zero-order valence-corrected chi connectivity index (χ0v) is 17.2. The van der Waals surface area contributed by atoms with Crippen molar-refractivity contribution in [2.75, 3.05) is 19.7 Å². The van der Waals surface area contributed by atoms with Crippen LogP contribution in [0.5, 0.6) is 0 Å². The summed E-state index contributed by atoms with van der Waals surface area (Å²) >= 11 is 0. The van der Waals surface area contributed by atoms with Crippen LogP contribution in [0.25, 0.3) is 10.9 Å². The molecular formula is C25H30N2O2. The Morgan fingerprint density at radius 3 is 2.66 bits per heavy atom. The zero-order chi connectivity index (χ0) is 20.3. The summed E-state index contributed by atoms with van der Waals surface area (Å²) in [4.78, 5) is 15.3. The molecule has 152 valence electrons. The summed E-state index contributed by atoms with van der Waals surface area (Å²) in [5.41, 5.74) is 2.98. The topological polar surface area (TPSA) is 45.5 Å². The van der Waals surface area contributed by atoms with Gasteiger partial charge in [-0.15, -0.1) is 0 Å². The predicted octanol–water partition coefficient (Wildman–Crippen LogP) is 4.42. The summed E-state index contributed by atoms with van der Waals surface area (Å²) in [6.07, 6.45) is 6.86. The smallest absolute Gasteiger partial charge is 0.256 e. The van der Waals surface area contributed by atoms with E-state index in [1.165, 1.54) is 5.56 Å². The van der Waals surface area contributed by atoms with Crippen LogP contribution in [-0.2, 0) is 13.5 Å². The molecule has 29 heavy (non-hydrogen) atoms. The third-order valence-corrected chi connectivity index (χ3v) is 6.43. The highest BCUT2D eigenvalue weighted by Crippen LogP contribution is 2.36. The van der Waals surface area contributed by atoms with Crippen molar-refractivity contribution < 1.29 is 9.90 Å². The van der Waals surface area contributed by atoms with Gasteiger partial charge in [-0.3, -0.25) is 4.79 Å². The Balaban J connectivity index is 1.47. The summed E-state index contributed by atoms with van der Waals surface area (Å²) in [7, 11) is 1.98. The van der Waals surface area contributed by atoms with Crippen molar-refractivity contribution in [1.82, 2.24) is 9.47 Å². The first-order chi connectivity index (χ1) is 14.1. The Hall–Kier alpha value is -2.59. The number of amides is 1. The molecule has 0 unspecified atom stereocenters. The molecule has 1 aliphatic rings. The summed E-state index contributed by atoms with van der Waals surface area (Å²) in [5, 5.41) is 11.2. The van der Waals surface area contributed by atoms with E-state index in [0.29, 0.717) is 6.54 Å². The molecule has 4 heteroatoms. The minimum atomic E-state index is -0.187. The second kappa shape index (κ2) is 8.42. The lowest BCUT2D eigenvalue weighted by Gasteiger charge is -2.42. The molecule has 2 aromatic carbocycles. The van der Waals surface area contributed by atoms with Gasteiger partial charge in [-0.2, -0.15) is 0 Å². The second-order valence-electron chi connectivity index (χ2n) is 8.50. The molecule has 1 amide bonds. The lowest BCUT2D eigenvalue weighted by Crippen LogP contribution is -2.48. The van der Waals surface area contributed by atoms with Gasteiger partial charge in [0.25, 0.3) is 5.91 Å². The fourth-order valence-electron chi connectivity index (χ4n) is 4.79. The normalized spacial score (nSPS) is 19.6. The van der Waals surface area contributed by atoms with Gasteiger partial charge < -0.3 is 14.6 Å². The van der Waals surface area contributed by atoms with Gasteiger partial charge in [-0.1, -0.05) is 48.5 Å². The Labute approximate surface area is 172 Å². The van der Waals surface area contributed by atoms with E-state index < -0.39 is 0 Å². The second-order valence-corrected chi connectivity index (χ2v) is 8.50. The summed E-state index contributed by atoms with van der Waals surface area (Å²) < 4.78 is 2.02. The molecule has 1 aliphatic heterocycles. The van der Waals surface area contributed by atoms with Crippen LogP contribution in [0.2, 0.25) is 0 Å². The third-order valence-electron chi connectivity index (χ3n) is 6.43. The van der Waals surface area contributed by atoms with Crippen LogP contribution in [0.1, 0.15) is 41.6 Å². The van der Waals surface area contributed by atoms with Gasteiger partial charge >= 0.3 is 0 Å². The number of fused-ring (bicyclic) bond motifs is 1. The molecular weight excluding hydrogens is 360 g/mol. The molecule has 1 saturated heterocycles. The van der Waals surface area contributed by atoms with Crippen molar-refractivity contribution in [2.45, 2.75) is 32.1 Å². The maximum atomic E-state index is 13.4. The van der Waals surface area contributed by atoms with Gasteiger partial charge in [0.1, 0.15) is 0 Å². The van der Waals surface area contributed by atoms with Crippen molar-refractivity contribution in [3.8, 4) is 0 Å². The van der Waals surface area contributed by atoms with Crippen LogP contribution in [0.3, 0.4) is 0 Å². The van der Waals surface area contributed by atoms with E-state index in [9.17, 15) is 9.90 Å². The number of benzene rings is 2. The number of aromatic nitrogens is 1. The molecule has 2 heterocycles. The van der Waals surface area contributed by atoms with Gasteiger partial charge in [-0.25, -0.2) is 0 Å². The number of rotatable bonds is 6. The van der Waals surface area contributed by atoms with E-state index >= 15 is 0 Å². The number of aliphatic hydroxyl groups excluding tert-OH is 1. The number of carbonyl (C=O) groups excluding carboxylic acids is 1. The predicted molar refractivity (Wildman–Crippen MR) is 117 cm³/mol. The number of hydrogen-bond acceptors (Lipinski definition) is 2. The number of para-hydroxylation sites is 1. The summed E-state index contributed by atoms with van der Waals surface area (Å²) in [6.45, 7) is 1.55. The maximum absolute atomic E-state index is 13.4. The third kappa shape index (κ3) is 4.08. The molecule has 0 saturated carbocycles. The lowest BCUT2D eigenvalue weighted by molar-refractivity contribution is 0.0217. The van der Waals surface area contributed by atoms with Gasteiger partial charge in [0.15, 0.2) is 0 Å².